The second kappa shape index (κ2) is 6.50. The third-order valence-corrected chi connectivity index (χ3v) is 4.46. The van der Waals surface area contributed by atoms with E-state index in [1.54, 1.807) is 6.20 Å². The van der Waals surface area contributed by atoms with Crippen molar-refractivity contribution in [3.8, 4) is 5.69 Å². The normalized spacial score (nSPS) is 13.0. The van der Waals surface area contributed by atoms with Crippen LogP contribution in [-0.2, 0) is 5.41 Å². The molecule has 7 nitrogen and oxygen atoms in total. The fraction of sp³-hybridized carbons (Fsp3) is 0.300. The van der Waals surface area contributed by atoms with Crippen molar-refractivity contribution < 1.29 is 0 Å². The standard InChI is InChI=1S/C20H23N7/c1-14(15-6-8-16(9-7-15)26-13-5-12-21-26)22-17-10-11-18-23-24-19(20(2,3)4)27(18)25-17/h5-14H,1-4H3,(H,22,25). The smallest absolute Gasteiger partial charge is 0.178 e. The molecule has 0 amide bonds. The zero-order chi connectivity index (χ0) is 19.0. The van der Waals surface area contributed by atoms with Crippen LogP contribution < -0.4 is 5.32 Å². The number of fused-ring (bicyclic) bond motifs is 1. The molecule has 0 saturated carbocycles. The Labute approximate surface area is 158 Å². The van der Waals surface area contributed by atoms with Gasteiger partial charge in [-0.15, -0.1) is 15.3 Å². The zero-order valence-corrected chi connectivity index (χ0v) is 16.0. The van der Waals surface area contributed by atoms with Crippen molar-refractivity contribution in [2.24, 2.45) is 0 Å². The summed E-state index contributed by atoms with van der Waals surface area (Å²) < 4.78 is 3.66. The molecule has 0 saturated heterocycles. The van der Waals surface area contributed by atoms with Crippen molar-refractivity contribution in [2.75, 3.05) is 5.32 Å². The van der Waals surface area contributed by atoms with Gasteiger partial charge in [0.15, 0.2) is 11.5 Å². The van der Waals surface area contributed by atoms with E-state index in [1.165, 1.54) is 5.56 Å². The van der Waals surface area contributed by atoms with Crippen LogP contribution in [0.15, 0.2) is 54.9 Å². The third kappa shape index (κ3) is 3.40. The number of hydrogen-bond acceptors (Lipinski definition) is 5. The molecule has 0 bridgehead atoms. The minimum absolute atomic E-state index is 0.108. The predicted octanol–water partition coefficient (Wildman–Crippen LogP) is 3.78. The molecule has 0 aliphatic rings. The Hall–Kier alpha value is -3.22. The number of benzene rings is 1. The van der Waals surface area contributed by atoms with Crippen LogP contribution in [-0.4, -0.2) is 29.6 Å². The Morgan fingerprint density at radius 2 is 1.78 bits per heavy atom. The Bertz CT molecular complexity index is 1040. The Morgan fingerprint density at radius 3 is 2.44 bits per heavy atom. The first-order valence-corrected chi connectivity index (χ1v) is 9.01. The highest BCUT2D eigenvalue weighted by Crippen LogP contribution is 2.23. The monoisotopic (exact) mass is 361 g/mol. The summed E-state index contributed by atoms with van der Waals surface area (Å²) in [4.78, 5) is 0. The quantitative estimate of drug-likeness (QED) is 0.599. The maximum atomic E-state index is 4.69. The van der Waals surface area contributed by atoms with Gasteiger partial charge in [0.25, 0.3) is 0 Å². The molecule has 0 spiro atoms. The minimum Gasteiger partial charge on any atom is -0.362 e. The van der Waals surface area contributed by atoms with E-state index in [-0.39, 0.29) is 11.5 Å². The lowest BCUT2D eigenvalue weighted by Gasteiger charge is -2.17. The van der Waals surface area contributed by atoms with E-state index in [0.717, 1.165) is 23.0 Å². The van der Waals surface area contributed by atoms with Gasteiger partial charge >= 0.3 is 0 Å². The lowest BCUT2D eigenvalue weighted by Crippen LogP contribution is -2.18. The van der Waals surface area contributed by atoms with E-state index >= 15 is 0 Å². The summed E-state index contributed by atoms with van der Waals surface area (Å²) in [7, 11) is 0. The first-order chi connectivity index (χ1) is 12.9. The molecule has 1 N–H and O–H groups in total. The highest BCUT2D eigenvalue weighted by Gasteiger charge is 2.22. The van der Waals surface area contributed by atoms with Crippen molar-refractivity contribution in [1.82, 2.24) is 29.6 Å². The second-order valence-corrected chi connectivity index (χ2v) is 7.67. The summed E-state index contributed by atoms with van der Waals surface area (Å²) in [6.45, 7) is 8.44. The molecule has 1 aromatic carbocycles. The van der Waals surface area contributed by atoms with E-state index in [1.807, 2.05) is 33.6 Å². The summed E-state index contributed by atoms with van der Waals surface area (Å²) in [5, 5.41) is 20.9. The lowest BCUT2D eigenvalue weighted by atomic mass is 9.96. The Morgan fingerprint density at radius 1 is 1.00 bits per heavy atom. The van der Waals surface area contributed by atoms with Gasteiger partial charge in [-0.1, -0.05) is 32.9 Å². The van der Waals surface area contributed by atoms with Crippen LogP contribution in [0.1, 0.15) is 45.1 Å². The summed E-state index contributed by atoms with van der Waals surface area (Å²) >= 11 is 0. The van der Waals surface area contributed by atoms with Gasteiger partial charge in [0, 0.05) is 23.9 Å². The van der Waals surface area contributed by atoms with E-state index in [9.17, 15) is 0 Å². The topological polar surface area (TPSA) is 72.9 Å². The molecular weight excluding hydrogens is 338 g/mol. The van der Waals surface area contributed by atoms with Crippen LogP contribution in [0.4, 0.5) is 5.82 Å². The number of anilines is 1. The largest absolute Gasteiger partial charge is 0.362 e. The van der Waals surface area contributed by atoms with Gasteiger partial charge in [0.1, 0.15) is 5.82 Å². The first kappa shape index (κ1) is 17.2. The SMILES string of the molecule is CC(Nc1ccc2nnc(C(C)(C)C)n2n1)c1ccc(-n2cccn2)cc1. The van der Waals surface area contributed by atoms with Crippen LogP contribution in [0.25, 0.3) is 11.3 Å². The van der Waals surface area contributed by atoms with Gasteiger partial charge in [0.2, 0.25) is 0 Å². The van der Waals surface area contributed by atoms with Crippen LogP contribution in [0.2, 0.25) is 0 Å². The van der Waals surface area contributed by atoms with Crippen LogP contribution >= 0.6 is 0 Å². The molecule has 0 aliphatic heterocycles. The molecule has 3 aromatic heterocycles. The van der Waals surface area contributed by atoms with Crippen LogP contribution in [0.5, 0.6) is 0 Å². The van der Waals surface area contributed by atoms with E-state index in [0.29, 0.717) is 0 Å². The molecule has 7 heteroatoms. The van der Waals surface area contributed by atoms with Gasteiger partial charge in [-0.3, -0.25) is 0 Å². The van der Waals surface area contributed by atoms with Crippen LogP contribution in [0.3, 0.4) is 0 Å². The number of nitrogens with zero attached hydrogens (tertiary/aromatic N) is 6. The summed E-state index contributed by atoms with van der Waals surface area (Å²) in [6.07, 6.45) is 3.71. The molecule has 4 rings (SSSR count). The molecule has 27 heavy (non-hydrogen) atoms. The maximum Gasteiger partial charge on any atom is 0.178 e. The number of aromatic nitrogens is 6. The van der Waals surface area contributed by atoms with Crippen molar-refractivity contribution in [2.45, 2.75) is 39.2 Å². The average Bonchev–Trinajstić information content (AvgIpc) is 3.31. The summed E-state index contributed by atoms with van der Waals surface area (Å²) in [6, 6.07) is 14.2. The van der Waals surface area contributed by atoms with Crippen molar-refractivity contribution in [3.05, 3.63) is 66.2 Å². The summed E-state index contributed by atoms with van der Waals surface area (Å²) in [5.41, 5.74) is 2.84. The van der Waals surface area contributed by atoms with Gasteiger partial charge < -0.3 is 5.32 Å². The fourth-order valence-electron chi connectivity index (χ4n) is 2.98. The molecule has 3 heterocycles. The highest BCUT2D eigenvalue weighted by molar-refractivity contribution is 5.46. The molecule has 0 aliphatic carbocycles. The molecule has 1 unspecified atom stereocenters. The van der Waals surface area contributed by atoms with E-state index in [4.69, 9.17) is 5.10 Å². The molecule has 1 atom stereocenters. The molecule has 4 aromatic rings. The minimum atomic E-state index is -0.126. The fourth-order valence-corrected chi connectivity index (χ4v) is 2.98. The maximum absolute atomic E-state index is 4.69. The van der Waals surface area contributed by atoms with Crippen molar-refractivity contribution >= 4 is 11.5 Å². The number of rotatable bonds is 4. The van der Waals surface area contributed by atoms with Crippen molar-refractivity contribution in [3.63, 3.8) is 0 Å². The zero-order valence-electron chi connectivity index (χ0n) is 16.0. The van der Waals surface area contributed by atoms with Gasteiger partial charge in [-0.2, -0.15) is 9.61 Å². The first-order valence-electron chi connectivity index (χ1n) is 9.01. The number of hydrogen-bond donors (Lipinski definition) is 1. The summed E-state index contributed by atoms with van der Waals surface area (Å²) in [5.74, 6) is 1.63. The lowest BCUT2D eigenvalue weighted by molar-refractivity contribution is 0.527. The highest BCUT2D eigenvalue weighted by atomic mass is 15.4. The van der Waals surface area contributed by atoms with E-state index < -0.39 is 0 Å². The van der Waals surface area contributed by atoms with E-state index in [2.05, 4.69) is 72.6 Å². The van der Waals surface area contributed by atoms with Crippen molar-refractivity contribution in [1.29, 1.82) is 0 Å². The molecule has 0 radical (unpaired) electrons. The molecule has 138 valence electrons. The Kier molecular flexibility index (Phi) is 4.14. The third-order valence-electron chi connectivity index (χ3n) is 4.46. The van der Waals surface area contributed by atoms with Gasteiger partial charge in [-0.05, 0) is 42.8 Å². The van der Waals surface area contributed by atoms with Gasteiger partial charge in [0.05, 0.1) is 5.69 Å². The second-order valence-electron chi connectivity index (χ2n) is 7.67. The number of nitrogens with one attached hydrogen (secondary N) is 1. The van der Waals surface area contributed by atoms with Crippen LogP contribution in [0, 0.1) is 0 Å². The Balaban J connectivity index is 1.56. The predicted molar refractivity (Wildman–Crippen MR) is 105 cm³/mol. The average molecular weight is 361 g/mol. The molecule has 0 fully saturated rings. The van der Waals surface area contributed by atoms with Gasteiger partial charge in [-0.25, -0.2) is 4.68 Å². The molecular formula is C20H23N7.